The number of hydrogen-bond donors (Lipinski definition) is 1. The number of anilines is 1. The van der Waals surface area contributed by atoms with Gasteiger partial charge in [0.25, 0.3) is 0 Å². The maximum atomic E-state index is 10.5. The van der Waals surface area contributed by atoms with Crippen LogP contribution in [0.25, 0.3) is 0 Å². The molecule has 0 fully saturated rings. The van der Waals surface area contributed by atoms with E-state index in [0.29, 0.717) is 5.56 Å². The van der Waals surface area contributed by atoms with E-state index in [1.807, 2.05) is 48.5 Å². The third-order valence-electron chi connectivity index (χ3n) is 2.09. The number of hydrogen-bond acceptors (Lipinski definition) is 2. The fourth-order valence-electron chi connectivity index (χ4n) is 1.29. The summed E-state index contributed by atoms with van der Waals surface area (Å²) in [5, 5.41) is 2.67. The monoisotopic (exact) mass is 296 g/mol. The van der Waals surface area contributed by atoms with E-state index < -0.39 is 0 Å². The van der Waals surface area contributed by atoms with E-state index in [0.717, 1.165) is 5.69 Å². The summed E-state index contributed by atoms with van der Waals surface area (Å²) < 4.78 is -0.129. The Hall–Kier alpha value is -1.90. The Balaban J connectivity index is 0.000000191. The van der Waals surface area contributed by atoms with Gasteiger partial charge in [-0.05, 0) is 12.1 Å². The molecule has 1 amide bonds. The molecule has 0 saturated carbocycles. The average Bonchev–Trinajstić information content (AvgIpc) is 2.41. The minimum atomic E-state index is -0.129. The van der Waals surface area contributed by atoms with Crippen molar-refractivity contribution in [1.29, 1.82) is 0 Å². The van der Waals surface area contributed by atoms with Crippen molar-refractivity contribution in [3.05, 3.63) is 66.2 Å². The second kappa shape index (κ2) is 8.25. The molecule has 2 aromatic carbocycles. The van der Waals surface area contributed by atoms with E-state index in [-0.39, 0.29) is 10.6 Å². The molecule has 0 spiro atoms. The van der Waals surface area contributed by atoms with Crippen LogP contribution < -0.4 is 5.32 Å². The van der Waals surface area contributed by atoms with Crippen LogP contribution in [0.3, 0.4) is 0 Å². The van der Waals surface area contributed by atoms with Gasteiger partial charge in [0.05, 0.1) is 0 Å². The van der Waals surface area contributed by atoms with Crippen LogP contribution >= 0.6 is 0 Å². The first-order valence-corrected chi connectivity index (χ1v) is 6.21. The number of carbonyl (C=O) groups excluding carboxylic acids is 2. The van der Waals surface area contributed by atoms with Gasteiger partial charge in [-0.25, -0.2) is 0 Å². The fraction of sp³-hybridized carbons (Fsp3) is 0.0667. The molecule has 0 aliphatic carbocycles. The number of nitrogens with one attached hydrogen (secondary N) is 1. The van der Waals surface area contributed by atoms with Crippen molar-refractivity contribution >= 4 is 16.3 Å². The summed E-state index contributed by atoms with van der Waals surface area (Å²) in [5.41, 5.74) is 1.51. The zero-order valence-corrected chi connectivity index (χ0v) is 11.5. The number of benzene rings is 2. The summed E-state index contributed by atoms with van der Waals surface area (Å²) in [7, 11) is 0. The van der Waals surface area contributed by atoms with Crippen molar-refractivity contribution in [3.63, 3.8) is 0 Å². The summed E-state index contributed by atoms with van der Waals surface area (Å²) in [5.74, 6) is -0.0359. The van der Waals surface area contributed by atoms with Gasteiger partial charge in [0.2, 0.25) is 5.91 Å². The Morgan fingerprint density at radius 2 is 1.37 bits per heavy atom. The predicted molar refractivity (Wildman–Crippen MR) is 71.5 cm³/mol. The Labute approximate surface area is 120 Å². The Morgan fingerprint density at radius 1 is 0.895 bits per heavy atom. The van der Waals surface area contributed by atoms with Crippen molar-refractivity contribution in [2.45, 2.75) is 6.92 Å². The molecular weight excluding hydrogens is 282 g/mol. The molecule has 0 atom stereocenters. The topological polar surface area (TPSA) is 46.2 Å². The molecule has 0 aliphatic rings. The summed E-state index contributed by atoms with van der Waals surface area (Å²) >= 11 is 3.27. The van der Waals surface area contributed by atoms with Crippen LogP contribution in [0.5, 0.6) is 0 Å². The molecule has 0 saturated heterocycles. The molecule has 0 unspecified atom stereocenters. The SMILES string of the molecule is CC(=O)Nc1ccccc1.O=[C]([Fe])c1ccccc1. The van der Waals surface area contributed by atoms with Crippen LogP contribution in [0.1, 0.15) is 17.3 Å². The number of rotatable bonds is 2. The molecule has 0 radical (unpaired) electrons. The number of amides is 1. The van der Waals surface area contributed by atoms with Crippen molar-refractivity contribution in [2.75, 3.05) is 5.32 Å². The molecule has 0 aliphatic heterocycles. The molecule has 0 heterocycles. The van der Waals surface area contributed by atoms with Crippen LogP contribution in [0.15, 0.2) is 60.7 Å². The molecule has 1 N–H and O–H groups in total. The van der Waals surface area contributed by atoms with E-state index in [1.54, 1.807) is 12.1 Å². The molecule has 3 nitrogen and oxygen atoms in total. The fourth-order valence-corrected chi connectivity index (χ4v) is 1.47. The summed E-state index contributed by atoms with van der Waals surface area (Å²) in [4.78, 5) is 21.0. The molecule has 19 heavy (non-hydrogen) atoms. The van der Waals surface area contributed by atoms with Crippen LogP contribution in [0.4, 0.5) is 5.69 Å². The maximum absolute atomic E-state index is 10.5. The number of carbonyl (C=O) groups is 2. The van der Waals surface area contributed by atoms with Crippen molar-refractivity contribution in [3.8, 4) is 0 Å². The van der Waals surface area contributed by atoms with Gasteiger partial charge in [0.15, 0.2) is 0 Å². The zero-order valence-electron chi connectivity index (χ0n) is 10.4. The Morgan fingerprint density at radius 3 is 1.74 bits per heavy atom. The van der Waals surface area contributed by atoms with Crippen LogP contribution in [-0.2, 0) is 20.8 Å². The van der Waals surface area contributed by atoms with Gasteiger partial charge >= 0.3 is 61.4 Å². The minimum absolute atomic E-state index is 0.0359. The zero-order chi connectivity index (χ0) is 14.1. The van der Waals surface area contributed by atoms with Gasteiger partial charge in [0, 0.05) is 12.6 Å². The van der Waals surface area contributed by atoms with Gasteiger partial charge in [0.1, 0.15) is 0 Å². The van der Waals surface area contributed by atoms with Crippen LogP contribution in [-0.4, -0.2) is 10.6 Å². The molecule has 0 bridgehead atoms. The molecule has 2 rings (SSSR count). The van der Waals surface area contributed by atoms with Crippen molar-refractivity contribution in [1.82, 2.24) is 0 Å². The van der Waals surface area contributed by atoms with E-state index in [4.69, 9.17) is 0 Å². The third-order valence-corrected chi connectivity index (χ3v) is 2.41. The summed E-state index contributed by atoms with van der Waals surface area (Å²) in [6.45, 7) is 1.49. The first-order chi connectivity index (χ1) is 9.09. The molecular formula is C15H14FeNO2. The average molecular weight is 296 g/mol. The van der Waals surface area contributed by atoms with E-state index in [1.165, 1.54) is 6.92 Å². The summed E-state index contributed by atoms with van der Waals surface area (Å²) in [6.07, 6.45) is 0. The quantitative estimate of drug-likeness (QED) is 0.866. The first kappa shape index (κ1) is 15.2. The van der Waals surface area contributed by atoms with E-state index in [9.17, 15) is 9.59 Å². The van der Waals surface area contributed by atoms with Crippen LogP contribution in [0, 0.1) is 0 Å². The molecule has 0 aromatic heterocycles. The Kier molecular flexibility index (Phi) is 6.58. The van der Waals surface area contributed by atoms with Crippen molar-refractivity contribution in [2.24, 2.45) is 0 Å². The molecule has 99 valence electrons. The summed E-state index contributed by atoms with van der Waals surface area (Å²) in [6, 6.07) is 18.4. The van der Waals surface area contributed by atoms with Gasteiger partial charge in [-0.15, -0.1) is 0 Å². The predicted octanol–water partition coefficient (Wildman–Crippen LogP) is 3.02. The standard InChI is InChI=1S/C8H9NO.C7H5O.Fe/c1-7(10)9-8-5-3-2-4-6-8;8-6-7-4-2-1-3-5-7;/h2-6H,1H3,(H,9,10);1-5H;. The van der Waals surface area contributed by atoms with E-state index in [2.05, 4.69) is 21.3 Å². The number of para-hydroxylation sites is 1. The molecule has 2 aromatic rings. The van der Waals surface area contributed by atoms with Gasteiger partial charge in [-0.3, -0.25) is 4.79 Å². The second-order valence-corrected chi connectivity index (χ2v) is 4.18. The second-order valence-electron chi connectivity index (χ2n) is 3.68. The molecule has 4 heteroatoms. The third kappa shape index (κ3) is 6.55. The van der Waals surface area contributed by atoms with Gasteiger partial charge < -0.3 is 5.32 Å². The van der Waals surface area contributed by atoms with Gasteiger partial charge in [-0.1, -0.05) is 18.2 Å². The van der Waals surface area contributed by atoms with Crippen molar-refractivity contribution < 1.29 is 25.6 Å². The first-order valence-electron chi connectivity index (χ1n) is 5.66. The van der Waals surface area contributed by atoms with Gasteiger partial charge in [-0.2, -0.15) is 0 Å². The Bertz CT molecular complexity index is 526. The van der Waals surface area contributed by atoms with E-state index >= 15 is 0 Å². The van der Waals surface area contributed by atoms with Crippen LogP contribution in [0.2, 0.25) is 0 Å². The normalized spacial score (nSPS) is 8.95.